The van der Waals surface area contributed by atoms with Gasteiger partial charge in [-0.1, -0.05) is 11.6 Å². The minimum Gasteiger partial charge on any atom is -0.379 e. The molecule has 1 aromatic heterocycles. The molecule has 1 heterocycles. The van der Waals surface area contributed by atoms with Gasteiger partial charge in [0.05, 0.1) is 10.7 Å². The standard InChI is InChI=1S/C15H17ClN2OS/c1-10-4-6-12(20-10)9-17-14-8-11(5-7-13(14)16)15(19)18(2)3/h4-8,17H,9H2,1-3H3. The number of nitrogens with one attached hydrogen (secondary N) is 1. The third-order valence-corrected chi connectivity index (χ3v) is 4.20. The van der Waals surface area contributed by atoms with E-state index in [1.54, 1.807) is 48.5 Å². The Morgan fingerprint density at radius 3 is 2.65 bits per heavy atom. The van der Waals surface area contributed by atoms with E-state index in [0.29, 0.717) is 17.1 Å². The highest BCUT2D eigenvalue weighted by Crippen LogP contribution is 2.25. The molecule has 0 radical (unpaired) electrons. The van der Waals surface area contributed by atoms with Crippen LogP contribution in [0.4, 0.5) is 5.69 Å². The van der Waals surface area contributed by atoms with Gasteiger partial charge in [0, 0.05) is 36.0 Å². The van der Waals surface area contributed by atoms with Crippen LogP contribution >= 0.6 is 22.9 Å². The Kier molecular flexibility index (Phi) is 4.68. The first-order chi connectivity index (χ1) is 9.47. The number of thiophene rings is 1. The molecule has 1 amide bonds. The number of halogens is 1. The number of rotatable bonds is 4. The van der Waals surface area contributed by atoms with Gasteiger partial charge in [-0.3, -0.25) is 4.79 Å². The molecule has 0 unspecified atom stereocenters. The third kappa shape index (κ3) is 3.52. The van der Waals surface area contributed by atoms with Crippen LogP contribution in [0.15, 0.2) is 30.3 Å². The van der Waals surface area contributed by atoms with Gasteiger partial charge in [0.15, 0.2) is 0 Å². The van der Waals surface area contributed by atoms with E-state index < -0.39 is 0 Å². The van der Waals surface area contributed by atoms with Crippen molar-refractivity contribution in [3.05, 3.63) is 50.7 Å². The Morgan fingerprint density at radius 1 is 1.30 bits per heavy atom. The lowest BCUT2D eigenvalue weighted by molar-refractivity contribution is 0.0827. The van der Waals surface area contributed by atoms with E-state index in [-0.39, 0.29) is 5.91 Å². The maximum absolute atomic E-state index is 11.9. The number of aryl methyl sites for hydroxylation is 1. The molecule has 106 valence electrons. The van der Waals surface area contributed by atoms with Gasteiger partial charge in [-0.2, -0.15) is 0 Å². The summed E-state index contributed by atoms with van der Waals surface area (Å²) in [6.45, 7) is 2.79. The Balaban J connectivity index is 2.14. The third-order valence-electron chi connectivity index (χ3n) is 2.87. The van der Waals surface area contributed by atoms with Crippen molar-refractivity contribution in [3.63, 3.8) is 0 Å². The van der Waals surface area contributed by atoms with Crippen LogP contribution in [0.3, 0.4) is 0 Å². The fourth-order valence-electron chi connectivity index (χ4n) is 1.81. The highest BCUT2D eigenvalue weighted by molar-refractivity contribution is 7.11. The fourth-order valence-corrected chi connectivity index (χ4v) is 2.83. The molecule has 0 aliphatic heterocycles. The van der Waals surface area contributed by atoms with Crippen molar-refractivity contribution in [1.82, 2.24) is 4.90 Å². The monoisotopic (exact) mass is 308 g/mol. The molecule has 0 bridgehead atoms. The molecule has 0 aliphatic rings. The molecular formula is C15H17ClN2OS. The molecule has 1 N–H and O–H groups in total. The highest BCUT2D eigenvalue weighted by Gasteiger charge is 2.10. The van der Waals surface area contributed by atoms with Crippen molar-refractivity contribution in [2.75, 3.05) is 19.4 Å². The zero-order valence-electron chi connectivity index (χ0n) is 11.7. The van der Waals surface area contributed by atoms with Crippen LogP contribution in [-0.2, 0) is 6.54 Å². The van der Waals surface area contributed by atoms with E-state index in [1.807, 2.05) is 0 Å². The molecule has 2 rings (SSSR count). The Morgan fingerprint density at radius 2 is 2.05 bits per heavy atom. The Labute approximate surface area is 128 Å². The number of hydrogen-bond acceptors (Lipinski definition) is 3. The molecule has 2 aromatic rings. The molecule has 0 fully saturated rings. The second-order valence-electron chi connectivity index (χ2n) is 4.76. The van der Waals surface area contributed by atoms with Gasteiger partial charge in [-0.25, -0.2) is 0 Å². The van der Waals surface area contributed by atoms with Crippen molar-refractivity contribution in [1.29, 1.82) is 0 Å². The topological polar surface area (TPSA) is 32.3 Å². The summed E-state index contributed by atoms with van der Waals surface area (Å²) in [7, 11) is 3.47. The van der Waals surface area contributed by atoms with E-state index in [4.69, 9.17) is 11.6 Å². The van der Waals surface area contributed by atoms with Crippen LogP contribution in [0.1, 0.15) is 20.1 Å². The molecule has 0 spiro atoms. The van der Waals surface area contributed by atoms with Crippen LogP contribution in [0, 0.1) is 6.92 Å². The maximum atomic E-state index is 11.9. The summed E-state index contributed by atoms with van der Waals surface area (Å²) in [4.78, 5) is 16.0. The molecule has 3 nitrogen and oxygen atoms in total. The van der Waals surface area contributed by atoms with E-state index >= 15 is 0 Å². The van der Waals surface area contributed by atoms with Crippen LogP contribution in [0.25, 0.3) is 0 Å². The molecular weight excluding hydrogens is 292 g/mol. The van der Waals surface area contributed by atoms with Crippen LogP contribution in [0.2, 0.25) is 5.02 Å². The molecule has 0 atom stereocenters. The van der Waals surface area contributed by atoms with Gasteiger partial charge in [0.25, 0.3) is 5.91 Å². The van der Waals surface area contributed by atoms with E-state index in [1.165, 1.54) is 9.75 Å². The van der Waals surface area contributed by atoms with Crippen LogP contribution in [-0.4, -0.2) is 24.9 Å². The highest BCUT2D eigenvalue weighted by atomic mass is 35.5. The SMILES string of the molecule is Cc1ccc(CNc2cc(C(=O)N(C)C)ccc2Cl)s1. The lowest BCUT2D eigenvalue weighted by Gasteiger charge is -2.13. The predicted octanol–water partition coefficient (Wildman–Crippen LogP) is 4.02. The van der Waals surface area contributed by atoms with Crippen LogP contribution < -0.4 is 5.32 Å². The summed E-state index contributed by atoms with van der Waals surface area (Å²) in [5, 5.41) is 3.90. The molecule has 20 heavy (non-hydrogen) atoms. The molecule has 0 saturated heterocycles. The van der Waals surface area contributed by atoms with E-state index in [9.17, 15) is 4.79 Å². The minimum absolute atomic E-state index is 0.0308. The summed E-state index contributed by atoms with van der Waals surface area (Å²) in [6, 6.07) is 9.47. The number of anilines is 1. The smallest absolute Gasteiger partial charge is 0.253 e. The number of carbonyl (C=O) groups excluding carboxylic acids is 1. The van der Waals surface area contributed by atoms with Gasteiger partial charge in [-0.15, -0.1) is 11.3 Å². The van der Waals surface area contributed by atoms with Crippen LogP contribution in [0.5, 0.6) is 0 Å². The van der Waals surface area contributed by atoms with Crippen molar-refractivity contribution >= 4 is 34.5 Å². The average molecular weight is 309 g/mol. The van der Waals surface area contributed by atoms with E-state index in [0.717, 1.165) is 5.69 Å². The van der Waals surface area contributed by atoms with Crippen molar-refractivity contribution in [3.8, 4) is 0 Å². The lowest BCUT2D eigenvalue weighted by atomic mass is 10.2. The first-order valence-corrected chi connectivity index (χ1v) is 7.47. The normalized spacial score (nSPS) is 10.4. The fraction of sp³-hybridized carbons (Fsp3) is 0.267. The quantitative estimate of drug-likeness (QED) is 0.925. The lowest BCUT2D eigenvalue weighted by Crippen LogP contribution is -2.21. The molecule has 0 saturated carbocycles. The number of benzene rings is 1. The summed E-state index contributed by atoms with van der Waals surface area (Å²) < 4.78 is 0. The zero-order chi connectivity index (χ0) is 14.7. The van der Waals surface area contributed by atoms with E-state index in [2.05, 4.69) is 24.4 Å². The number of carbonyl (C=O) groups is 1. The Hall–Kier alpha value is -1.52. The second kappa shape index (κ2) is 6.29. The number of amides is 1. The minimum atomic E-state index is -0.0308. The average Bonchev–Trinajstić information content (AvgIpc) is 2.82. The first kappa shape index (κ1) is 14.9. The zero-order valence-corrected chi connectivity index (χ0v) is 13.3. The van der Waals surface area contributed by atoms with Gasteiger partial charge in [0.2, 0.25) is 0 Å². The van der Waals surface area contributed by atoms with Gasteiger partial charge in [0.1, 0.15) is 0 Å². The summed E-state index contributed by atoms with van der Waals surface area (Å²) in [5.74, 6) is -0.0308. The summed E-state index contributed by atoms with van der Waals surface area (Å²) in [5.41, 5.74) is 1.41. The molecule has 5 heteroatoms. The second-order valence-corrected chi connectivity index (χ2v) is 6.54. The van der Waals surface area contributed by atoms with Gasteiger partial charge in [-0.05, 0) is 37.3 Å². The van der Waals surface area contributed by atoms with Crippen molar-refractivity contribution in [2.24, 2.45) is 0 Å². The number of nitrogens with zero attached hydrogens (tertiary/aromatic N) is 1. The summed E-state index contributed by atoms with van der Waals surface area (Å²) >= 11 is 7.92. The Bertz CT molecular complexity index is 622. The first-order valence-electron chi connectivity index (χ1n) is 6.28. The largest absolute Gasteiger partial charge is 0.379 e. The predicted molar refractivity (Wildman–Crippen MR) is 85.9 cm³/mol. The maximum Gasteiger partial charge on any atom is 0.253 e. The number of hydrogen-bond donors (Lipinski definition) is 1. The molecule has 0 aliphatic carbocycles. The molecule has 1 aromatic carbocycles. The van der Waals surface area contributed by atoms with Crippen molar-refractivity contribution < 1.29 is 4.79 Å². The van der Waals surface area contributed by atoms with Gasteiger partial charge < -0.3 is 10.2 Å². The van der Waals surface area contributed by atoms with Gasteiger partial charge >= 0.3 is 0 Å². The summed E-state index contributed by atoms with van der Waals surface area (Å²) in [6.07, 6.45) is 0. The van der Waals surface area contributed by atoms with Crippen molar-refractivity contribution in [2.45, 2.75) is 13.5 Å².